The summed E-state index contributed by atoms with van der Waals surface area (Å²) >= 11 is 0. The second kappa shape index (κ2) is 4.61. The van der Waals surface area contributed by atoms with E-state index in [1.807, 2.05) is 13.0 Å². The molecule has 2 rings (SSSR count). The first kappa shape index (κ1) is 11.1. The van der Waals surface area contributed by atoms with Crippen LogP contribution in [0.2, 0.25) is 0 Å². The topological polar surface area (TPSA) is 80.9 Å². The molecule has 0 fully saturated rings. The fourth-order valence-electron chi connectivity index (χ4n) is 1.38. The summed E-state index contributed by atoms with van der Waals surface area (Å²) in [4.78, 5) is 19.6. The fourth-order valence-corrected chi connectivity index (χ4v) is 1.38. The third-order valence-corrected chi connectivity index (χ3v) is 2.31. The number of nitrogens with zero attached hydrogens (tertiary/aromatic N) is 2. The molecule has 0 aliphatic rings. The molecule has 0 atom stereocenters. The molecule has 0 saturated heterocycles. The predicted octanol–water partition coefficient (Wildman–Crippen LogP) is 1.62. The highest BCUT2D eigenvalue weighted by molar-refractivity contribution is 6.03. The minimum Gasteiger partial charge on any atom is -0.399 e. The number of nitrogens with two attached hydrogens (primary N) is 1. The summed E-state index contributed by atoms with van der Waals surface area (Å²) < 4.78 is 0. The summed E-state index contributed by atoms with van der Waals surface area (Å²) in [5, 5.41) is 2.75. The highest BCUT2D eigenvalue weighted by atomic mass is 16.1. The number of anilines is 2. The highest BCUT2D eigenvalue weighted by Gasteiger charge is 2.08. The van der Waals surface area contributed by atoms with Crippen LogP contribution in [0.4, 0.5) is 11.4 Å². The van der Waals surface area contributed by atoms with Crippen LogP contribution < -0.4 is 11.1 Å². The van der Waals surface area contributed by atoms with Crippen molar-refractivity contribution in [3.63, 3.8) is 0 Å². The van der Waals surface area contributed by atoms with Gasteiger partial charge in [0, 0.05) is 23.8 Å². The van der Waals surface area contributed by atoms with E-state index in [0.717, 1.165) is 5.56 Å². The van der Waals surface area contributed by atoms with E-state index < -0.39 is 0 Å². The van der Waals surface area contributed by atoms with Gasteiger partial charge in [0.15, 0.2) is 0 Å². The van der Waals surface area contributed by atoms with E-state index in [4.69, 9.17) is 5.73 Å². The molecule has 3 N–H and O–H groups in total. The maximum absolute atomic E-state index is 11.8. The zero-order valence-corrected chi connectivity index (χ0v) is 9.34. The monoisotopic (exact) mass is 228 g/mol. The molecule has 1 heterocycles. The molecule has 1 amide bonds. The van der Waals surface area contributed by atoms with Crippen molar-refractivity contribution < 1.29 is 4.79 Å². The lowest BCUT2D eigenvalue weighted by atomic mass is 10.2. The Labute approximate surface area is 98.7 Å². The van der Waals surface area contributed by atoms with Gasteiger partial charge in [0.05, 0.1) is 6.20 Å². The van der Waals surface area contributed by atoms with Crippen molar-refractivity contribution in [1.82, 2.24) is 9.97 Å². The van der Waals surface area contributed by atoms with Gasteiger partial charge in [-0.3, -0.25) is 9.78 Å². The Balaban J connectivity index is 2.22. The average molecular weight is 228 g/mol. The number of rotatable bonds is 2. The predicted molar refractivity (Wildman–Crippen MR) is 65.6 cm³/mol. The standard InChI is InChI=1S/C12H12N4O/c1-8-2-3-9(13)6-10(8)16-12(17)11-7-14-4-5-15-11/h2-7H,13H2,1H3,(H,16,17). The third-order valence-electron chi connectivity index (χ3n) is 2.31. The van der Waals surface area contributed by atoms with E-state index in [2.05, 4.69) is 15.3 Å². The second-order valence-corrected chi connectivity index (χ2v) is 3.62. The minimum atomic E-state index is -0.299. The lowest BCUT2D eigenvalue weighted by molar-refractivity contribution is 0.102. The number of benzene rings is 1. The van der Waals surface area contributed by atoms with Gasteiger partial charge < -0.3 is 11.1 Å². The van der Waals surface area contributed by atoms with Crippen molar-refractivity contribution in [1.29, 1.82) is 0 Å². The van der Waals surface area contributed by atoms with Crippen molar-refractivity contribution in [2.45, 2.75) is 6.92 Å². The Hall–Kier alpha value is -2.43. The number of carbonyl (C=O) groups is 1. The summed E-state index contributed by atoms with van der Waals surface area (Å²) in [5.41, 5.74) is 8.16. The molecule has 86 valence electrons. The maximum atomic E-state index is 11.8. The molecule has 0 saturated carbocycles. The van der Waals surface area contributed by atoms with Gasteiger partial charge in [-0.2, -0.15) is 0 Å². The van der Waals surface area contributed by atoms with Crippen LogP contribution >= 0.6 is 0 Å². The highest BCUT2D eigenvalue weighted by Crippen LogP contribution is 2.18. The van der Waals surface area contributed by atoms with Crippen molar-refractivity contribution >= 4 is 17.3 Å². The number of carbonyl (C=O) groups excluding carboxylic acids is 1. The molecule has 0 aliphatic heterocycles. The van der Waals surface area contributed by atoms with E-state index in [9.17, 15) is 4.79 Å². The summed E-state index contributed by atoms with van der Waals surface area (Å²) in [7, 11) is 0. The Morgan fingerprint density at radius 3 is 2.88 bits per heavy atom. The van der Waals surface area contributed by atoms with Crippen molar-refractivity contribution in [3.8, 4) is 0 Å². The van der Waals surface area contributed by atoms with E-state index in [-0.39, 0.29) is 11.6 Å². The average Bonchev–Trinajstić information content (AvgIpc) is 2.35. The molecule has 2 aromatic rings. The Bertz CT molecular complexity index is 539. The number of hydrogen-bond donors (Lipinski definition) is 2. The molecule has 17 heavy (non-hydrogen) atoms. The number of hydrogen-bond acceptors (Lipinski definition) is 4. The van der Waals surface area contributed by atoms with Crippen LogP contribution in [0.25, 0.3) is 0 Å². The van der Waals surface area contributed by atoms with Gasteiger partial charge in [0.1, 0.15) is 5.69 Å². The normalized spacial score (nSPS) is 9.94. The van der Waals surface area contributed by atoms with E-state index >= 15 is 0 Å². The molecule has 5 nitrogen and oxygen atoms in total. The summed E-state index contributed by atoms with van der Waals surface area (Å²) in [6, 6.07) is 5.35. The van der Waals surface area contributed by atoms with Crippen LogP contribution in [0.1, 0.15) is 16.1 Å². The molecular formula is C12H12N4O. The Kier molecular flexibility index (Phi) is 3.00. The number of nitrogen functional groups attached to an aromatic ring is 1. The smallest absolute Gasteiger partial charge is 0.275 e. The Morgan fingerprint density at radius 2 is 2.18 bits per heavy atom. The van der Waals surface area contributed by atoms with Crippen LogP contribution in [-0.4, -0.2) is 15.9 Å². The van der Waals surface area contributed by atoms with Crippen molar-refractivity contribution in [2.75, 3.05) is 11.1 Å². The maximum Gasteiger partial charge on any atom is 0.275 e. The van der Waals surface area contributed by atoms with Crippen LogP contribution in [0.3, 0.4) is 0 Å². The van der Waals surface area contributed by atoms with E-state index in [1.54, 1.807) is 12.1 Å². The van der Waals surface area contributed by atoms with Gasteiger partial charge in [-0.1, -0.05) is 6.07 Å². The lowest BCUT2D eigenvalue weighted by Crippen LogP contribution is -2.14. The number of nitrogens with one attached hydrogen (secondary N) is 1. The molecule has 0 spiro atoms. The van der Waals surface area contributed by atoms with Crippen LogP contribution in [-0.2, 0) is 0 Å². The molecule has 0 radical (unpaired) electrons. The zero-order valence-electron chi connectivity index (χ0n) is 9.34. The van der Waals surface area contributed by atoms with Gasteiger partial charge in [0.25, 0.3) is 5.91 Å². The third kappa shape index (κ3) is 2.57. The quantitative estimate of drug-likeness (QED) is 0.765. The van der Waals surface area contributed by atoms with Gasteiger partial charge in [-0.15, -0.1) is 0 Å². The molecule has 1 aromatic heterocycles. The van der Waals surface area contributed by atoms with Crippen LogP contribution in [0.5, 0.6) is 0 Å². The first-order chi connectivity index (χ1) is 8.16. The van der Waals surface area contributed by atoms with Gasteiger partial charge >= 0.3 is 0 Å². The molecule has 1 aromatic carbocycles. The first-order valence-corrected chi connectivity index (χ1v) is 5.10. The molecular weight excluding hydrogens is 216 g/mol. The minimum absolute atomic E-state index is 0.273. The van der Waals surface area contributed by atoms with Crippen molar-refractivity contribution in [3.05, 3.63) is 48.0 Å². The number of aromatic nitrogens is 2. The number of aryl methyl sites for hydroxylation is 1. The van der Waals surface area contributed by atoms with Gasteiger partial charge in [0.2, 0.25) is 0 Å². The zero-order chi connectivity index (χ0) is 12.3. The summed E-state index contributed by atoms with van der Waals surface area (Å²) in [6.07, 6.45) is 4.40. The van der Waals surface area contributed by atoms with Crippen LogP contribution in [0, 0.1) is 6.92 Å². The van der Waals surface area contributed by atoms with Crippen LogP contribution in [0.15, 0.2) is 36.8 Å². The largest absolute Gasteiger partial charge is 0.399 e. The van der Waals surface area contributed by atoms with Crippen molar-refractivity contribution in [2.24, 2.45) is 0 Å². The summed E-state index contributed by atoms with van der Waals surface area (Å²) in [6.45, 7) is 1.89. The van der Waals surface area contributed by atoms with E-state index in [1.165, 1.54) is 18.6 Å². The van der Waals surface area contributed by atoms with Gasteiger partial charge in [-0.05, 0) is 24.6 Å². The second-order valence-electron chi connectivity index (χ2n) is 3.62. The molecule has 0 bridgehead atoms. The summed E-state index contributed by atoms with van der Waals surface area (Å²) in [5.74, 6) is -0.299. The van der Waals surface area contributed by atoms with E-state index in [0.29, 0.717) is 11.4 Å². The Morgan fingerprint density at radius 1 is 1.35 bits per heavy atom. The number of amides is 1. The molecule has 0 aliphatic carbocycles. The fraction of sp³-hybridized carbons (Fsp3) is 0.0833. The molecule has 0 unspecified atom stereocenters. The lowest BCUT2D eigenvalue weighted by Gasteiger charge is -2.08. The SMILES string of the molecule is Cc1ccc(N)cc1NC(=O)c1cnccn1. The molecule has 5 heteroatoms. The first-order valence-electron chi connectivity index (χ1n) is 5.10. The van der Waals surface area contributed by atoms with Gasteiger partial charge in [-0.25, -0.2) is 4.98 Å².